The second-order valence-corrected chi connectivity index (χ2v) is 7.65. The molecular weight excluding hydrogens is 390 g/mol. The first-order chi connectivity index (χ1) is 10.0. The predicted octanol–water partition coefficient (Wildman–Crippen LogP) is 2.26. The fourth-order valence-electron chi connectivity index (χ4n) is 2.43. The van der Waals surface area contributed by atoms with Gasteiger partial charge in [0, 0.05) is 19.1 Å². The highest BCUT2D eigenvalue weighted by Gasteiger charge is 2.26. The number of carbonyl (C=O) groups is 2. The summed E-state index contributed by atoms with van der Waals surface area (Å²) in [5.74, 6) is -0.204. The summed E-state index contributed by atoms with van der Waals surface area (Å²) in [5.41, 5.74) is 0. The zero-order chi connectivity index (χ0) is 15.4. The van der Waals surface area contributed by atoms with Crippen molar-refractivity contribution in [3.8, 4) is 0 Å². The number of hydrogen-bond acceptors (Lipinski definition) is 4. The van der Waals surface area contributed by atoms with Crippen molar-refractivity contribution < 1.29 is 9.59 Å². The van der Waals surface area contributed by atoms with Crippen LogP contribution >= 0.6 is 39.7 Å². The van der Waals surface area contributed by atoms with Crippen LogP contribution in [0.4, 0.5) is 0 Å². The van der Waals surface area contributed by atoms with E-state index in [-0.39, 0.29) is 24.2 Å². The van der Waals surface area contributed by atoms with Gasteiger partial charge in [-0.15, -0.1) is 23.7 Å². The molecule has 0 bridgehead atoms. The van der Waals surface area contributed by atoms with E-state index in [0.29, 0.717) is 10.9 Å². The standard InChI is InChI=1S/C14H20BrN3O2S.ClH/c1-9(17-13(19)11-3-4-12(15)21-11)14(20)18-7-5-10(16-2)6-8-18;/h3-4,9-10,16H,5-8H2,1-2H3,(H,17,19);1H. The maximum Gasteiger partial charge on any atom is 0.262 e. The Balaban J connectivity index is 0.00000242. The molecule has 22 heavy (non-hydrogen) atoms. The number of amides is 2. The molecule has 0 spiro atoms. The lowest BCUT2D eigenvalue weighted by Crippen LogP contribution is -2.51. The first-order valence-electron chi connectivity index (χ1n) is 7.03. The summed E-state index contributed by atoms with van der Waals surface area (Å²) in [5, 5.41) is 6.01. The minimum Gasteiger partial charge on any atom is -0.341 e. The third-order valence-electron chi connectivity index (χ3n) is 3.73. The number of nitrogens with one attached hydrogen (secondary N) is 2. The van der Waals surface area contributed by atoms with Crippen LogP contribution in [0.2, 0.25) is 0 Å². The van der Waals surface area contributed by atoms with E-state index in [0.717, 1.165) is 29.7 Å². The SMILES string of the molecule is CNC1CCN(C(=O)C(C)NC(=O)c2ccc(Br)s2)CC1.Cl. The smallest absolute Gasteiger partial charge is 0.262 e. The summed E-state index contributed by atoms with van der Waals surface area (Å²) in [6.45, 7) is 3.23. The Bertz CT molecular complexity index is 518. The van der Waals surface area contributed by atoms with Gasteiger partial charge in [0.1, 0.15) is 6.04 Å². The van der Waals surface area contributed by atoms with Crippen LogP contribution in [-0.4, -0.2) is 48.9 Å². The molecule has 2 heterocycles. The second kappa shape index (κ2) is 8.86. The van der Waals surface area contributed by atoms with E-state index in [1.54, 1.807) is 13.0 Å². The van der Waals surface area contributed by atoms with E-state index < -0.39 is 6.04 Å². The average molecular weight is 411 g/mol. The van der Waals surface area contributed by atoms with Crippen molar-refractivity contribution in [1.82, 2.24) is 15.5 Å². The summed E-state index contributed by atoms with van der Waals surface area (Å²) >= 11 is 4.69. The number of halogens is 2. The number of hydrogen-bond donors (Lipinski definition) is 2. The van der Waals surface area contributed by atoms with Gasteiger partial charge in [-0.1, -0.05) is 0 Å². The minimum absolute atomic E-state index is 0. The molecule has 0 saturated carbocycles. The van der Waals surface area contributed by atoms with Gasteiger partial charge in [-0.3, -0.25) is 9.59 Å². The molecule has 1 aliphatic heterocycles. The fraction of sp³-hybridized carbons (Fsp3) is 0.571. The number of carbonyl (C=O) groups excluding carboxylic acids is 2. The van der Waals surface area contributed by atoms with Crippen LogP contribution in [0.5, 0.6) is 0 Å². The molecule has 1 aromatic heterocycles. The van der Waals surface area contributed by atoms with Gasteiger partial charge in [-0.2, -0.15) is 0 Å². The molecule has 124 valence electrons. The Labute approximate surface area is 149 Å². The first kappa shape index (κ1) is 19.4. The molecule has 0 aliphatic carbocycles. The lowest BCUT2D eigenvalue weighted by Gasteiger charge is -2.33. The fourth-order valence-corrected chi connectivity index (χ4v) is 3.72. The van der Waals surface area contributed by atoms with E-state index in [1.807, 2.05) is 18.0 Å². The van der Waals surface area contributed by atoms with Gasteiger partial charge < -0.3 is 15.5 Å². The van der Waals surface area contributed by atoms with E-state index in [2.05, 4.69) is 26.6 Å². The van der Waals surface area contributed by atoms with E-state index in [1.165, 1.54) is 11.3 Å². The van der Waals surface area contributed by atoms with Gasteiger partial charge in [0.05, 0.1) is 8.66 Å². The third kappa shape index (κ3) is 4.94. The highest BCUT2D eigenvalue weighted by molar-refractivity contribution is 9.11. The molecular formula is C14H21BrClN3O2S. The maximum atomic E-state index is 12.4. The normalized spacial score (nSPS) is 16.8. The zero-order valence-corrected chi connectivity index (χ0v) is 15.8. The van der Waals surface area contributed by atoms with Crippen LogP contribution in [0.25, 0.3) is 0 Å². The number of thiophene rings is 1. The summed E-state index contributed by atoms with van der Waals surface area (Å²) in [4.78, 5) is 26.8. The zero-order valence-electron chi connectivity index (χ0n) is 12.6. The maximum absolute atomic E-state index is 12.4. The van der Waals surface area contributed by atoms with Crippen LogP contribution in [0.3, 0.4) is 0 Å². The summed E-state index contributed by atoms with van der Waals surface area (Å²) in [6, 6.07) is 3.57. The molecule has 1 unspecified atom stereocenters. The van der Waals surface area contributed by atoms with Gasteiger partial charge in [0.2, 0.25) is 5.91 Å². The van der Waals surface area contributed by atoms with Crippen molar-refractivity contribution in [3.63, 3.8) is 0 Å². The molecule has 2 rings (SSSR count). The topological polar surface area (TPSA) is 61.4 Å². The molecule has 1 fully saturated rings. The van der Waals surface area contributed by atoms with E-state index in [4.69, 9.17) is 0 Å². The Morgan fingerprint density at radius 1 is 1.36 bits per heavy atom. The number of piperidine rings is 1. The third-order valence-corrected chi connectivity index (χ3v) is 5.35. The van der Waals surface area contributed by atoms with Crippen LogP contribution < -0.4 is 10.6 Å². The van der Waals surface area contributed by atoms with E-state index in [9.17, 15) is 9.59 Å². The molecule has 5 nitrogen and oxygen atoms in total. The molecule has 2 amide bonds. The Hall–Kier alpha value is -0.630. The van der Waals surface area contributed by atoms with Crippen molar-refractivity contribution >= 4 is 51.5 Å². The molecule has 8 heteroatoms. The highest BCUT2D eigenvalue weighted by atomic mass is 79.9. The molecule has 2 N–H and O–H groups in total. The first-order valence-corrected chi connectivity index (χ1v) is 8.64. The predicted molar refractivity (Wildman–Crippen MR) is 94.9 cm³/mol. The second-order valence-electron chi connectivity index (χ2n) is 5.19. The molecule has 0 aromatic carbocycles. The molecule has 0 radical (unpaired) electrons. The van der Waals surface area contributed by atoms with Crippen molar-refractivity contribution in [1.29, 1.82) is 0 Å². The van der Waals surface area contributed by atoms with Crippen LogP contribution in [-0.2, 0) is 4.79 Å². The van der Waals surface area contributed by atoms with Gasteiger partial charge in [0.25, 0.3) is 5.91 Å². The van der Waals surface area contributed by atoms with Crippen molar-refractivity contribution in [2.45, 2.75) is 31.8 Å². The van der Waals surface area contributed by atoms with Crippen LogP contribution in [0.15, 0.2) is 15.9 Å². The molecule has 1 aromatic rings. The quantitative estimate of drug-likeness (QED) is 0.800. The highest BCUT2D eigenvalue weighted by Crippen LogP contribution is 2.22. The Morgan fingerprint density at radius 2 is 2.00 bits per heavy atom. The molecule has 1 saturated heterocycles. The van der Waals surface area contributed by atoms with Crippen molar-refractivity contribution in [2.24, 2.45) is 0 Å². The number of nitrogens with zero attached hydrogens (tertiary/aromatic N) is 1. The monoisotopic (exact) mass is 409 g/mol. The number of likely N-dealkylation sites (tertiary alicyclic amines) is 1. The average Bonchev–Trinajstić information content (AvgIpc) is 2.93. The van der Waals surface area contributed by atoms with Gasteiger partial charge >= 0.3 is 0 Å². The molecule has 1 aliphatic rings. The Kier molecular flexibility index (Phi) is 7.82. The summed E-state index contributed by atoms with van der Waals surface area (Å²) < 4.78 is 0.903. The van der Waals surface area contributed by atoms with Crippen molar-refractivity contribution in [3.05, 3.63) is 20.8 Å². The van der Waals surface area contributed by atoms with E-state index >= 15 is 0 Å². The Morgan fingerprint density at radius 3 is 2.50 bits per heavy atom. The van der Waals surface area contributed by atoms with Crippen LogP contribution in [0.1, 0.15) is 29.4 Å². The van der Waals surface area contributed by atoms with Crippen LogP contribution in [0, 0.1) is 0 Å². The van der Waals surface area contributed by atoms with Gasteiger partial charge in [-0.25, -0.2) is 0 Å². The van der Waals surface area contributed by atoms with Crippen molar-refractivity contribution in [2.75, 3.05) is 20.1 Å². The summed E-state index contributed by atoms with van der Waals surface area (Å²) in [6.07, 6.45) is 1.92. The van der Waals surface area contributed by atoms with Gasteiger partial charge in [-0.05, 0) is 54.9 Å². The molecule has 1 atom stereocenters. The number of rotatable bonds is 4. The summed E-state index contributed by atoms with van der Waals surface area (Å²) in [7, 11) is 1.95. The minimum atomic E-state index is -0.496. The lowest BCUT2D eigenvalue weighted by molar-refractivity contribution is -0.133. The van der Waals surface area contributed by atoms with Gasteiger partial charge in [0.15, 0.2) is 0 Å². The largest absolute Gasteiger partial charge is 0.341 e. The lowest BCUT2D eigenvalue weighted by atomic mass is 10.0.